The van der Waals surface area contributed by atoms with Gasteiger partial charge in [0.1, 0.15) is 11.6 Å². The molecule has 1 atom stereocenters. The van der Waals surface area contributed by atoms with E-state index in [1.807, 2.05) is 20.8 Å². The molecule has 3 amide bonds. The minimum atomic E-state index is -0.872. The van der Waals surface area contributed by atoms with Crippen LogP contribution < -0.4 is 11.1 Å². The van der Waals surface area contributed by atoms with Crippen molar-refractivity contribution in [3.8, 4) is 5.75 Å². The fraction of sp³-hybridized carbons (Fsp3) is 0.545. The molecule has 4 rings (SSSR count). The Labute approximate surface area is 184 Å². The summed E-state index contributed by atoms with van der Waals surface area (Å²) >= 11 is 0. The Morgan fingerprint density at radius 1 is 1.16 bits per heavy atom. The molecule has 0 aliphatic carbocycles. The number of carbonyl (C=O) groups is 3. The molecule has 172 valence electrons. The van der Waals surface area contributed by atoms with Crippen LogP contribution in [0.25, 0.3) is 11.1 Å². The lowest BCUT2D eigenvalue weighted by atomic mass is 9.88. The highest BCUT2D eigenvalue weighted by Crippen LogP contribution is 2.39. The largest absolute Gasteiger partial charge is 0.504 e. The average Bonchev–Trinajstić information content (AvgIpc) is 3.04. The number of amides is 3. The minimum Gasteiger partial charge on any atom is -0.504 e. The maximum absolute atomic E-state index is 12.5. The van der Waals surface area contributed by atoms with Crippen molar-refractivity contribution in [2.45, 2.75) is 64.0 Å². The zero-order chi connectivity index (χ0) is 23.2. The van der Waals surface area contributed by atoms with Crippen LogP contribution in [0.3, 0.4) is 0 Å². The summed E-state index contributed by atoms with van der Waals surface area (Å²) < 4.78 is 11.9. The molecule has 2 saturated heterocycles. The molecule has 1 unspecified atom stereocenters. The SMILES string of the molecule is CC(C)(C)OC(=O)N1CCC(c2ccc3c(oc(=O)n3C3CCC(=O)NC3=O)c2O)CC1. The van der Waals surface area contributed by atoms with Crippen molar-refractivity contribution < 1.29 is 28.6 Å². The van der Waals surface area contributed by atoms with Gasteiger partial charge in [-0.1, -0.05) is 6.07 Å². The highest BCUT2D eigenvalue weighted by atomic mass is 16.6. The summed E-state index contributed by atoms with van der Waals surface area (Å²) in [4.78, 5) is 50.1. The predicted octanol–water partition coefficient (Wildman–Crippen LogP) is 2.39. The van der Waals surface area contributed by atoms with Gasteiger partial charge in [-0.05, 0) is 52.0 Å². The van der Waals surface area contributed by atoms with Crippen molar-refractivity contribution in [2.24, 2.45) is 0 Å². The number of rotatable bonds is 2. The number of nitrogens with zero attached hydrogens (tertiary/aromatic N) is 2. The summed E-state index contributed by atoms with van der Waals surface area (Å²) in [7, 11) is 0. The number of aromatic hydroxyl groups is 1. The highest BCUT2D eigenvalue weighted by Gasteiger charge is 2.33. The van der Waals surface area contributed by atoms with Crippen molar-refractivity contribution in [3.05, 3.63) is 28.2 Å². The van der Waals surface area contributed by atoms with Gasteiger partial charge in [-0.2, -0.15) is 0 Å². The molecule has 0 spiro atoms. The molecule has 2 aliphatic rings. The number of piperidine rings is 2. The van der Waals surface area contributed by atoms with Gasteiger partial charge >= 0.3 is 11.8 Å². The maximum atomic E-state index is 12.5. The highest BCUT2D eigenvalue weighted by molar-refractivity contribution is 6.00. The quantitative estimate of drug-likeness (QED) is 0.679. The van der Waals surface area contributed by atoms with Crippen LogP contribution >= 0.6 is 0 Å². The van der Waals surface area contributed by atoms with E-state index in [2.05, 4.69) is 5.32 Å². The fourth-order valence-corrected chi connectivity index (χ4v) is 4.35. The van der Waals surface area contributed by atoms with Crippen LogP contribution in [0, 0.1) is 0 Å². The van der Waals surface area contributed by atoms with Crippen molar-refractivity contribution in [2.75, 3.05) is 13.1 Å². The Balaban J connectivity index is 1.55. The number of imide groups is 1. The number of phenols is 1. The second kappa shape index (κ2) is 7.99. The first-order chi connectivity index (χ1) is 15.0. The van der Waals surface area contributed by atoms with Crippen LogP contribution in [0.2, 0.25) is 0 Å². The van der Waals surface area contributed by atoms with E-state index >= 15 is 0 Å². The Kier molecular flexibility index (Phi) is 5.47. The molecule has 10 heteroatoms. The van der Waals surface area contributed by atoms with Gasteiger partial charge in [-0.15, -0.1) is 0 Å². The van der Waals surface area contributed by atoms with Crippen molar-refractivity contribution >= 4 is 29.0 Å². The summed E-state index contributed by atoms with van der Waals surface area (Å²) in [6, 6.07) is 2.51. The molecular weight excluding hydrogens is 418 g/mol. The summed E-state index contributed by atoms with van der Waals surface area (Å²) in [5.74, 6) is -1.87. The van der Waals surface area contributed by atoms with E-state index in [0.717, 1.165) is 0 Å². The number of phenolic OH excluding ortho intramolecular Hbond substituents is 1. The van der Waals surface area contributed by atoms with Crippen molar-refractivity contribution in [1.29, 1.82) is 0 Å². The van der Waals surface area contributed by atoms with E-state index in [9.17, 15) is 24.3 Å². The number of hydrogen-bond donors (Lipinski definition) is 2. The molecule has 3 heterocycles. The van der Waals surface area contributed by atoms with Gasteiger partial charge in [0, 0.05) is 25.1 Å². The maximum Gasteiger partial charge on any atom is 0.420 e. The van der Waals surface area contributed by atoms with E-state index in [1.54, 1.807) is 17.0 Å². The van der Waals surface area contributed by atoms with Gasteiger partial charge in [0.2, 0.25) is 11.8 Å². The lowest BCUT2D eigenvalue weighted by molar-refractivity contribution is -0.135. The van der Waals surface area contributed by atoms with Gasteiger partial charge in [-0.3, -0.25) is 19.5 Å². The van der Waals surface area contributed by atoms with Crippen molar-refractivity contribution in [3.63, 3.8) is 0 Å². The van der Waals surface area contributed by atoms with E-state index < -0.39 is 23.3 Å². The third-order valence-electron chi connectivity index (χ3n) is 5.90. The first-order valence-electron chi connectivity index (χ1n) is 10.7. The number of ether oxygens (including phenoxy) is 1. The molecule has 0 radical (unpaired) electrons. The Hall–Kier alpha value is -3.30. The molecule has 2 fully saturated rings. The molecule has 0 saturated carbocycles. The van der Waals surface area contributed by atoms with Crippen LogP contribution in [0.4, 0.5) is 4.79 Å². The molecule has 2 aromatic rings. The summed E-state index contributed by atoms with van der Waals surface area (Å²) in [6.07, 6.45) is 1.19. The zero-order valence-electron chi connectivity index (χ0n) is 18.3. The van der Waals surface area contributed by atoms with Crippen LogP contribution in [-0.4, -0.2) is 51.2 Å². The number of oxazole rings is 1. The molecule has 10 nitrogen and oxygen atoms in total. The standard InChI is InChI=1S/C22H27N3O7/c1-22(2,3)32-20(29)24-10-8-12(9-11-24)13-4-5-14-18(17(13)27)31-21(30)25(14)15-6-7-16(26)23-19(15)28/h4-5,12,15,27H,6-11H2,1-3H3,(H,23,26,28). The Bertz CT molecular complexity index is 1130. The Morgan fingerprint density at radius 2 is 1.84 bits per heavy atom. The van der Waals surface area contributed by atoms with Crippen molar-refractivity contribution in [1.82, 2.24) is 14.8 Å². The molecule has 1 aromatic heterocycles. The van der Waals surface area contributed by atoms with Gasteiger partial charge in [-0.25, -0.2) is 9.59 Å². The van der Waals surface area contributed by atoms with Crippen LogP contribution in [-0.2, 0) is 14.3 Å². The fourth-order valence-electron chi connectivity index (χ4n) is 4.35. The topological polar surface area (TPSA) is 131 Å². The van der Waals surface area contributed by atoms with E-state index in [0.29, 0.717) is 37.0 Å². The van der Waals surface area contributed by atoms with Crippen LogP contribution in [0.1, 0.15) is 64.0 Å². The van der Waals surface area contributed by atoms with Crippen LogP contribution in [0.5, 0.6) is 5.75 Å². The average molecular weight is 445 g/mol. The molecule has 2 aliphatic heterocycles. The minimum absolute atomic E-state index is 0.0202. The number of benzene rings is 1. The lowest BCUT2D eigenvalue weighted by Gasteiger charge is -2.33. The Morgan fingerprint density at radius 3 is 2.47 bits per heavy atom. The molecule has 1 aromatic carbocycles. The predicted molar refractivity (Wildman–Crippen MR) is 113 cm³/mol. The third kappa shape index (κ3) is 4.09. The number of carbonyl (C=O) groups excluding carboxylic acids is 3. The third-order valence-corrected chi connectivity index (χ3v) is 5.90. The van der Waals surface area contributed by atoms with E-state index in [-0.39, 0.29) is 42.1 Å². The summed E-state index contributed by atoms with van der Waals surface area (Å²) in [5.41, 5.74) is 0.388. The second-order valence-corrected chi connectivity index (χ2v) is 9.30. The number of fused-ring (bicyclic) bond motifs is 1. The first-order valence-corrected chi connectivity index (χ1v) is 10.7. The normalized spacial score (nSPS) is 20.5. The number of hydrogen-bond acceptors (Lipinski definition) is 7. The first kappa shape index (κ1) is 21.9. The summed E-state index contributed by atoms with van der Waals surface area (Å²) in [6.45, 7) is 6.43. The molecular formula is C22H27N3O7. The van der Waals surface area contributed by atoms with Gasteiger partial charge in [0.15, 0.2) is 11.3 Å². The number of nitrogens with one attached hydrogen (secondary N) is 1. The monoisotopic (exact) mass is 445 g/mol. The number of likely N-dealkylation sites (tertiary alicyclic amines) is 1. The van der Waals surface area contributed by atoms with Gasteiger partial charge < -0.3 is 19.2 Å². The summed E-state index contributed by atoms with van der Waals surface area (Å²) in [5, 5.41) is 13.1. The van der Waals surface area contributed by atoms with Gasteiger partial charge in [0.25, 0.3) is 0 Å². The van der Waals surface area contributed by atoms with E-state index in [4.69, 9.17) is 9.15 Å². The molecule has 2 N–H and O–H groups in total. The van der Waals surface area contributed by atoms with E-state index in [1.165, 1.54) is 4.57 Å². The number of aromatic nitrogens is 1. The molecule has 32 heavy (non-hydrogen) atoms. The van der Waals surface area contributed by atoms with Gasteiger partial charge in [0.05, 0.1) is 5.52 Å². The zero-order valence-corrected chi connectivity index (χ0v) is 18.3. The smallest absolute Gasteiger partial charge is 0.420 e. The second-order valence-electron chi connectivity index (χ2n) is 9.30. The molecule has 0 bridgehead atoms. The van der Waals surface area contributed by atoms with Crippen LogP contribution in [0.15, 0.2) is 21.3 Å². The lowest BCUT2D eigenvalue weighted by Crippen LogP contribution is -2.43.